The van der Waals surface area contributed by atoms with E-state index in [1.807, 2.05) is 18.7 Å². The molecule has 0 radical (unpaired) electrons. The first kappa shape index (κ1) is 21.5. The van der Waals surface area contributed by atoms with Crippen LogP contribution in [0.25, 0.3) is 0 Å². The number of carbonyl (C=O) groups is 2. The van der Waals surface area contributed by atoms with E-state index in [0.717, 1.165) is 43.5 Å². The Morgan fingerprint density at radius 1 is 1.16 bits per heavy atom. The molecule has 1 atom stereocenters. The van der Waals surface area contributed by atoms with Gasteiger partial charge in [-0.25, -0.2) is 0 Å². The SMILES string of the molecule is Cc1noc(C)c1CC(=O)N1CCCCC1CCn1cc(C(=O)N2CCOCC2)nn1. The molecule has 2 aromatic heterocycles. The predicted octanol–water partition coefficient (Wildman–Crippen LogP) is 1.37. The summed E-state index contributed by atoms with van der Waals surface area (Å²) in [7, 11) is 0. The molecule has 2 aliphatic rings. The maximum Gasteiger partial charge on any atom is 0.276 e. The Kier molecular flexibility index (Phi) is 6.64. The molecule has 31 heavy (non-hydrogen) atoms. The molecule has 2 aromatic rings. The topological polar surface area (TPSA) is 107 Å². The molecule has 4 rings (SSSR count). The molecule has 4 heterocycles. The summed E-state index contributed by atoms with van der Waals surface area (Å²) in [6.45, 7) is 7.36. The Hall–Kier alpha value is -2.75. The van der Waals surface area contributed by atoms with E-state index in [1.54, 1.807) is 15.8 Å². The molecule has 10 nitrogen and oxygen atoms in total. The minimum Gasteiger partial charge on any atom is -0.378 e. The molecular formula is C21H30N6O4. The van der Waals surface area contributed by atoms with E-state index in [1.165, 1.54) is 0 Å². The van der Waals surface area contributed by atoms with E-state index < -0.39 is 0 Å². The molecule has 2 amide bonds. The van der Waals surface area contributed by atoms with Crippen molar-refractivity contribution >= 4 is 11.8 Å². The van der Waals surface area contributed by atoms with Crippen LogP contribution in [0.2, 0.25) is 0 Å². The minimum absolute atomic E-state index is 0.108. The molecule has 0 spiro atoms. The van der Waals surface area contributed by atoms with Crippen molar-refractivity contribution in [2.75, 3.05) is 32.8 Å². The van der Waals surface area contributed by atoms with E-state index >= 15 is 0 Å². The Morgan fingerprint density at radius 3 is 2.71 bits per heavy atom. The number of aryl methyl sites for hydroxylation is 3. The van der Waals surface area contributed by atoms with Crippen molar-refractivity contribution < 1.29 is 18.8 Å². The van der Waals surface area contributed by atoms with Crippen LogP contribution in [0.4, 0.5) is 0 Å². The highest BCUT2D eigenvalue weighted by Crippen LogP contribution is 2.23. The van der Waals surface area contributed by atoms with Crippen LogP contribution in [-0.2, 0) is 22.5 Å². The fraction of sp³-hybridized carbons (Fsp3) is 0.667. The molecule has 10 heteroatoms. The van der Waals surface area contributed by atoms with E-state index in [0.29, 0.717) is 50.7 Å². The molecule has 2 saturated heterocycles. The fourth-order valence-corrected chi connectivity index (χ4v) is 4.35. The Labute approximate surface area is 181 Å². The summed E-state index contributed by atoms with van der Waals surface area (Å²) < 4.78 is 12.2. The van der Waals surface area contributed by atoms with Gasteiger partial charge in [-0.15, -0.1) is 5.10 Å². The Balaban J connectivity index is 1.35. The highest BCUT2D eigenvalue weighted by atomic mass is 16.5. The third-order valence-corrected chi connectivity index (χ3v) is 6.20. The number of ether oxygens (including phenoxy) is 1. The third kappa shape index (κ3) is 4.95. The Bertz CT molecular complexity index is 897. The van der Waals surface area contributed by atoms with Crippen LogP contribution in [0.5, 0.6) is 0 Å². The fourth-order valence-electron chi connectivity index (χ4n) is 4.35. The maximum absolute atomic E-state index is 13.0. The number of piperidine rings is 1. The number of carbonyl (C=O) groups excluding carboxylic acids is 2. The van der Waals surface area contributed by atoms with Crippen molar-refractivity contribution in [3.8, 4) is 0 Å². The first-order chi connectivity index (χ1) is 15.0. The van der Waals surface area contributed by atoms with Crippen LogP contribution in [0.3, 0.4) is 0 Å². The van der Waals surface area contributed by atoms with Crippen LogP contribution in [-0.4, -0.2) is 80.7 Å². The predicted molar refractivity (Wildman–Crippen MR) is 110 cm³/mol. The molecular weight excluding hydrogens is 400 g/mol. The van der Waals surface area contributed by atoms with Crippen LogP contribution in [0.15, 0.2) is 10.7 Å². The van der Waals surface area contributed by atoms with Gasteiger partial charge in [0.2, 0.25) is 5.91 Å². The van der Waals surface area contributed by atoms with E-state index in [4.69, 9.17) is 9.26 Å². The molecule has 0 N–H and O–H groups in total. The van der Waals surface area contributed by atoms with Crippen molar-refractivity contribution in [2.24, 2.45) is 0 Å². The zero-order valence-corrected chi connectivity index (χ0v) is 18.2. The smallest absolute Gasteiger partial charge is 0.276 e. The number of amides is 2. The second-order valence-electron chi connectivity index (χ2n) is 8.28. The first-order valence-corrected chi connectivity index (χ1v) is 11.0. The van der Waals surface area contributed by atoms with Gasteiger partial charge in [-0.3, -0.25) is 14.3 Å². The quantitative estimate of drug-likeness (QED) is 0.681. The molecule has 2 aliphatic heterocycles. The minimum atomic E-state index is -0.108. The summed E-state index contributed by atoms with van der Waals surface area (Å²) in [6, 6.07) is 0.157. The van der Waals surface area contributed by atoms with Crippen LogP contribution in [0, 0.1) is 13.8 Å². The lowest BCUT2D eigenvalue weighted by atomic mass is 9.98. The normalized spacial score (nSPS) is 19.6. The molecule has 0 saturated carbocycles. The van der Waals surface area contributed by atoms with Crippen molar-refractivity contribution in [3.63, 3.8) is 0 Å². The van der Waals surface area contributed by atoms with Gasteiger partial charge in [0.1, 0.15) is 5.76 Å². The summed E-state index contributed by atoms with van der Waals surface area (Å²) in [5, 5.41) is 12.2. The van der Waals surface area contributed by atoms with E-state index in [2.05, 4.69) is 15.5 Å². The van der Waals surface area contributed by atoms with Gasteiger partial charge >= 0.3 is 0 Å². The molecule has 0 aliphatic carbocycles. The van der Waals surface area contributed by atoms with Gasteiger partial charge in [-0.2, -0.15) is 0 Å². The summed E-state index contributed by atoms with van der Waals surface area (Å²) in [6.07, 6.45) is 5.91. The number of hydrogen-bond donors (Lipinski definition) is 0. The number of hydrogen-bond acceptors (Lipinski definition) is 7. The van der Waals surface area contributed by atoms with E-state index in [9.17, 15) is 9.59 Å². The highest BCUT2D eigenvalue weighted by Gasteiger charge is 2.28. The molecule has 2 fully saturated rings. The second kappa shape index (κ2) is 9.59. The van der Waals surface area contributed by atoms with Gasteiger partial charge < -0.3 is 19.1 Å². The van der Waals surface area contributed by atoms with E-state index in [-0.39, 0.29) is 17.9 Å². The van der Waals surface area contributed by atoms with Crippen LogP contribution < -0.4 is 0 Å². The molecule has 168 valence electrons. The van der Waals surface area contributed by atoms with Crippen molar-refractivity contribution in [1.82, 2.24) is 30.0 Å². The lowest BCUT2D eigenvalue weighted by Gasteiger charge is -2.36. The monoisotopic (exact) mass is 430 g/mol. The van der Waals surface area contributed by atoms with Crippen LogP contribution in [0.1, 0.15) is 53.2 Å². The van der Waals surface area contributed by atoms with Crippen molar-refractivity contribution in [1.29, 1.82) is 0 Å². The lowest BCUT2D eigenvalue weighted by molar-refractivity contribution is -0.134. The zero-order valence-electron chi connectivity index (χ0n) is 18.2. The standard InChI is InChI=1S/C21H30N6O4/c1-15-18(16(2)31-23-15)13-20(28)27-7-4-3-5-17(27)6-8-26-14-19(22-24-26)21(29)25-9-11-30-12-10-25/h14,17H,3-13H2,1-2H3. The van der Waals surface area contributed by atoms with Gasteiger partial charge in [0.15, 0.2) is 5.69 Å². The van der Waals surface area contributed by atoms with Gasteiger partial charge in [-0.05, 0) is 39.5 Å². The average molecular weight is 431 g/mol. The Morgan fingerprint density at radius 2 is 1.97 bits per heavy atom. The molecule has 0 aromatic carbocycles. The summed E-state index contributed by atoms with van der Waals surface area (Å²) in [4.78, 5) is 29.3. The number of likely N-dealkylation sites (tertiary alicyclic amines) is 1. The van der Waals surface area contributed by atoms with Crippen molar-refractivity contribution in [3.05, 3.63) is 28.9 Å². The average Bonchev–Trinajstić information content (AvgIpc) is 3.40. The lowest BCUT2D eigenvalue weighted by Crippen LogP contribution is -2.45. The largest absolute Gasteiger partial charge is 0.378 e. The number of nitrogens with zero attached hydrogens (tertiary/aromatic N) is 6. The third-order valence-electron chi connectivity index (χ3n) is 6.20. The highest BCUT2D eigenvalue weighted by molar-refractivity contribution is 5.92. The number of aromatic nitrogens is 4. The first-order valence-electron chi connectivity index (χ1n) is 11.0. The van der Waals surface area contributed by atoms with Crippen molar-refractivity contribution in [2.45, 2.75) is 58.5 Å². The number of rotatable bonds is 6. The second-order valence-corrected chi connectivity index (χ2v) is 8.28. The van der Waals surface area contributed by atoms with Gasteiger partial charge in [0, 0.05) is 37.8 Å². The molecule has 1 unspecified atom stereocenters. The van der Waals surface area contributed by atoms with Crippen LogP contribution >= 0.6 is 0 Å². The maximum atomic E-state index is 13.0. The molecule has 0 bridgehead atoms. The summed E-state index contributed by atoms with van der Waals surface area (Å²) >= 11 is 0. The van der Waals surface area contributed by atoms with Gasteiger partial charge in [-0.1, -0.05) is 10.4 Å². The summed E-state index contributed by atoms with van der Waals surface area (Å²) in [5.74, 6) is 0.712. The van der Waals surface area contributed by atoms with Gasteiger partial charge in [0.25, 0.3) is 5.91 Å². The van der Waals surface area contributed by atoms with Gasteiger partial charge in [0.05, 0.1) is 31.5 Å². The summed E-state index contributed by atoms with van der Waals surface area (Å²) in [5.41, 5.74) is 2.02. The zero-order chi connectivity index (χ0) is 21.8. The number of morpholine rings is 1.